The van der Waals surface area contributed by atoms with Crippen molar-refractivity contribution in [1.82, 2.24) is 0 Å². The zero-order valence-corrected chi connectivity index (χ0v) is 12.5. The van der Waals surface area contributed by atoms with Gasteiger partial charge in [0.05, 0.1) is 25.3 Å². The van der Waals surface area contributed by atoms with Gasteiger partial charge in [0.15, 0.2) is 24.1 Å². The first-order chi connectivity index (χ1) is 11.0. The van der Waals surface area contributed by atoms with E-state index in [1.165, 1.54) is 44.6 Å². The molecule has 122 valence electrons. The Hall–Kier alpha value is -3.22. The second kappa shape index (κ2) is 8.28. The van der Waals surface area contributed by atoms with Gasteiger partial charge in [0, 0.05) is 12.1 Å². The molecule has 0 aromatic heterocycles. The maximum Gasteiger partial charge on any atom is 0.168 e. The summed E-state index contributed by atoms with van der Waals surface area (Å²) < 4.78 is 9.77. The summed E-state index contributed by atoms with van der Waals surface area (Å²) in [6.07, 6.45) is 1.02. The Kier molecular flexibility index (Phi) is 6.42. The quantitative estimate of drug-likeness (QED) is 0.584. The van der Waals surface area contributed by atoms with Crippen molar-refractivity contribution in [2.24, 2.45) is 0 Å². The smallest absolute Gasteiger partial charge is 0.168 e. The number of benzene rings is 2. The lowest BCUT2D eigenvalue weighted by atomic mass is 10.2. The zero-order chi connectivity index (χ0) is 17.4. The highest BCUT2D eigenvalue weighted by molar-refractivity contribution is 5.84. The number of carbonyl (C=O) groups is 2. The Morgan fingerprint density at radius 2 is 1.61 bits per heavy atom. The molecule has 0 radical (unpaired) electrons. The number of phenolic OH excluding ortho intramolecular Hbond substituents is 3. The van der Waals surface area contributed by atoms with Gasteiger partial charge in [-0.15, -0.1) is 0 Å². The number of methoxy groups -OCH3 is 2. The van der Waals surface area contributed by atoms with E-state index in [1.807, 2.05) is 0 Å². The Morgan fingerprint density at radius 1 is 0.913 bits per heavy atom. The second-order valence-electron chi connectivity index (χ2n) is 4.21. The number of aldehydes is 2. The van der Waals surface area contributed by atoms with Gasteiger partial charge in [0.2, 0.25) is 0 Å². The number of aromatic hydroxyl groups is 3. The third-order valence-electron chi connectivity index (χ3n) is 2.84. The summed E-state index contributed by atoms with van der Waals surface area (Å²) >= 11 is 0. The van der Waals surface area contributed by atoms with Crippen LogP contribution < -0.4 is 9.47 Å². The van der Waals surface area contributed by atoms with E-state index in [2.05, 4.69) is 0 Å². The monoisotopic (exact) mass is 320 g/mol. The van der Waals surface area contributed by atoms with E-state index in [0.29, 0.717) is 24.1 Å². The summed E-state index contributed by atoms with van der Waals surface area (Å²) in [4.78, 5) is 20.6. The molecule has 0 heterocycles. The van der Waals surface area contributed by atoms with Gasteiger partial charge in [-0.1, -0.05) is 6.07 Å². The predicted molar refractivity (Wildman–Crippen MR) is 81.8 cm³/mol. The van der Waals surface area contributed by atoms with E-state index >= 15 is 0 Å². The number of hydrogen-bond donors (Lipinski definition) is 3. The zero-order valence-electron chi connectivity index (χ0n) is 12.5. The minimum atomic E-state index is -0.363. The van der Waals surface area contributed by atoms with E-state index in [9.17, 15) is 14.7 Å². The van der Waals surface area contributed by atoms with Crippen LogP contribution in [0, 0.1) is 0 Å². The highest BCUT2D eigenvalue weighted by Crippen LogP contribution is 2.31. The molecule has 7 heteroatoms. The Labute approximate surface area is 132 Å². The van der Waals surface area contributed by atoms with Crippen LogP contribution in [-0.2, 0) is 0 Å². The average Bonchev–Trinajstić information content (AvgIpc) is 2.57. The summed E-state index contributed by atoms with van der Waals surface area (Å²) in [7, 11) is 2.88. The van der Waals surface area contributed by atoms with Gasteiger partial charge in [0.1, 0.15) is 17.2 Å². The third kappa shape index (κ3) is 4.37. The van der Waals surface area contributed by atoms with Crippen molar-refractivity contribution < 1.29 is 34.4 Å². The van der Waals surface area contributed by atoms with Gasteiger partial charge in [-0.2, -0.15) is 0 Å². The Bertz CT molecular complexity index is 695. The van der Waals surface area contributed by atoms with Crippen molar-refractivity contribution >= 4 is 12.6 Å². The molecule has 0 saturated carbocycles. The first-order valence-electron chi connectivity index (χ1n) is 6.34. The third-order valence-corrected chi connectivity index (χ3v) is 2.84. The molecule has 2 aromatic carbocycles. The molecule has 2 aromatic rings. The van der Waals surface area contributed by atoms with Crippen molar-refractivity contribution in [3.8, 4) is 28.7 Å². The molecule has 23 heavy (non-hydrogen) atoms. The number of carbonyl (C=O) groups excluding carboxylic acids is 2. The van der Waals surface area contributed by atoms with Crippen LogP contribution in [0.5, 0.6) is 28.7 Å². The van der Waals surface area contributed by atoms with Crippen LogP contribution in [0.15, 0.2) is 30.3 Å². The molecular formula is C16H16O7. The number of ether oxygens (including phenoxy) is 2. The van der Waals surface area contributed by atoms with E-state index in [-0.39, 0.29) is 28.4 Å². The van der Waals surface area contributed by atoms with Gasteiger partial charge in [-0.05, 0) is 12.1 Å². The summed E-state index contributed by atoms with van der Waals surface area (Å²) in [6.45, 7) is 0. The molecular weight excluding hydrogens is 304 g/mol. The molecule has 0 fully saturated rings. The summed E-state index contributed by atoms with van der Waals surface area (Å²) in [5, 5.41) is 27.1. The van der Waals surface area contributed by atoms with Crippen LogP contribution >= 0.6 is 0 Å². The molecule has 3 N–H and O–H groups in total. The molecule has 0 bridgehead atoms. The topological polar surface area (TPSA) is 113 Å². The van der Waals surface area contributed by atoms with Crippen molar-refractivity contribution in [3.63, 3.8) is 0 Å². The van der Waals surface area contributed by atoms with E-state index in [0.717, 1.165) is 0 Å². The molecule has 0 atom stereocenters. The summed E-state index contributed by atoms with van der Waals surface area (Å²) in [6, 6.07) is 7.10. The molecule has 0 aliphatic carbocycles. The number of rotatable bonds is 4. The van der Waals surface area contributed by atoms with Gasteiger partial charge >= 0.3 is 0 Å². The van der Waals surface area contributed by atoms with Crippen LogP contribution in [0.3, 0.4) is 0 Å². The normalized spacial score (nSPS) is 9.30. The first-order valence-corrected chi connectivity index (χ1v) is 6.34. The lowest BCUT2D eigenvalue weighted by Gasteiger charge is -2.07. The van der Waals surface area contributed by atoms with Crippen molar-refractivity contribution in [1.29, 1.82) is 0 Å². The standard InChI is InChI=1S/C9H10O4.C7H6O3/c1-12-6-3-8(11)7(5-10)9(4-6)13-2;8-4-5-2-1-3-6(9)7(5)10/h3-5,11H,1-2H3;1-4,9-10H. The SMILES string of the molecule is COc1cc(O)c(C=O)c(OC)c1.O=Cc1cccc(O)c1O. The Balaban J connectivity index is 0.000000238. The Morgan fingerprint density at radius 3 is 2.09 bits per heavy atom. The van der Waals surface area contributed by atoms with Crippen LogP contribution in [-0.4, -0.2) is 42.1 Å². The van der Waals surface area contributed by atoms with Gasteiger partial charge in [-0.3, -0.25) is 9.59 Å². The number of hydrogen-bond acceptors (Lipinski definition) is 7. The molecule has 2 rings (SSSR count). The molecule has 0 aliphatic heterocycles. The van der Waals surface area contributed by atoms with Crippen molar-refractivity contribution in [2.45, 2.75) is 0 Å². The van der Waals surface area contributed by atoms with Crippen molar-refractivity contribution in [2.75, 3.05) is 14.2 Å². The van der Waals surface area contributed by atoms with Crippen LogP contribution in [0.2, 0.25) is 0 Å². The lowest BCUT2D eigenvalue weighted by molar-refractivity contribution is 0.111. The van der Waals surface area contributed by atoms with Crippen LogP contribution in [0.4, 0.5) is 0 Å². The van der Waals surface area contributed by atoms with Gasteiger partial charge in [0.25, 0.3) is 0 Å². The average molecular weight is 320 g/mol. The highest BCUT2D eigenvalue weighted by atomic mass is 16.5. The second-order valence-corrected chi connectivity index (χ2v) is 4.21. The minimum absolute atomic E-state index is 0.0972. The fourth-order valence-corrected chi connectivity index (χ4v) is 1.64. The van der Waals surface area contributed by atoms with E-state index in [1.54, 1.807) is 0 Å². The number of phenols is 3. The maximum atomic E-state index is 10.5. The fraction of sp³-hybridized carbons (Fsp3) is 0.125. The fourth-order valence-electron chi connectivity index (χ4n) is 1.64. The predicted octanol–water partition coefficient (Wildman–Crippen LogP) is 2.13. The van der Waals surface area contributed by atoms with Crippen LogP contribution in [0.1, 0.15) is 20.7 Å². The summed E-state index contributed by atoms with van der Waals surface area (Å²) in [5.74, 6) is -0.0416. The lowest BCUT2D eigenvalue weighted by Crippen LogP contribution is -1.92. The molecule has 0 amide bonds. The largest absolute Gasteiger partial charge is 0.507 e. The molecule has 0 spiro atoms. The summed E-state index contributed by atoms with van der Waals surface area (Å²) in [5.41, 5.74) is 0.225. The molecule has 0 saturated heterocycles. The maximum absolute atomic E-state index is 10.5. The van der Waals surface area contributed by atoms with Gasteiger partial charge in [-0.25, -0.2) is 0 Å². The van der Waals surface area contributed by atoms with Gasteiger partial charge < -0.3 is 24.8 Å². The molecule has 0 unspecified atom stereocenters. The highest BCUT2D eigenvalue weighted by Gasteiger charge is 2.10. The van der Waals surface area contributed by atoms with E-state index in [4.69, 9.17) is 19.7 Å². The van der Waals surface area contributed by atoms with Crippen molar-refractivity contribution in [3.05, 3.63) is 41.5 Å². The van der Waals surface area contributed by atoms with Crippen LogP contribution in [0.25, 0.3) is 0 Å². The van der Waals surface area contributed by atoms with E-state index < -0.39 is 0 Å². The minimum Gasteiger partial charge on any atom is -0.507 e. The number of para-hydroxylation sites is 1. The molecule has 0 aliphatic rings. The first kappa shape index (κ1) is 17.8. The molecule has 7 nitrogen and oxygen atoms in total.